The highest BCUT2D eigenvalue weighted by Crippen LogP contribution is 2.35. The van der Waals surface area contributed by atoms with Crippen LogP contribution in [0.2, 0.25) is 0 Å². The second-order valence-electron chi connectivity index (χ2n) is 10.7. The van der Waals surface area contributed by atoms with Crippen LogP contribution in [0.1, 0.15) is 67.2 Å². The average Bonchev–Trinajstić information content (AvgIpc) is 2.60. The average molecular weight is 519 g/mol. The molecule has 0 spiro atoms. The molecule has 34 heavy (non-hydrogen) atoms. The SMILES string of the molecule is CC(C)(C)CC(=CC(CC(=O)O)C(=O)O)CSSCC(=CC(CC(=O)O)C(=O)O)CC(C)(C)C. The number of carboxylic acid groups (broad SMARTS) is 4. The van der Waals surface area contributed by atoms with Gasteiger partial charge in [0.1, 0.15) is 0 Å². The minimum Gasteiger partial charge on any atom is -0.481 e. The van der Waals surface area contributed by atoms with Gasteiger partial charge in [0, 0.05) is 11.5 Å². The lowest BCUT2D eigenvalue weighted by Crippen LogP contribution is -2.18. The van der Waals surface area contributed by atoms with Crippen LogP contribution in [0.4, 0.5) is 0 Å². The van der Waals surface area contributed by atoms with E-state index in [4.69, 9.17) is 10.2 Å². The monoisotopic (exact) mass is 518 g/mol. The highest BCUT2D eigenvalue weighted by molar-refractivity contribution is 8.76. The fourth-order valence-corrected chi connectivity index (χ4v) is 5.57. The van der Waals surface area contributed by atoms with Crippen molar-refractivity contribution < 1.29 is 39.6 Å². The summed E-state index contributed by atoms with van der Waals surface area (Å²) < 4.78 is 0. The number of rotatable bonds is 15. The van der Waals surface area contributed by atoms with E-state index in [1.54, 1.807) is 0 Å². The zero-order valence-electron chi connectivity index (χ0n) is 20.8. The molecule has 0 bridgehead atoms. The summed E-state index contributed by atoms with van der Waals surface area (Å²) in [6.07, 6.45) is 3.31. The van der Waals surface area contributed by atoms with E-state index in [1.165, 1.54) is 33.7 Å². The highest BCUT2D eigenvalue weighted by Gasteiger charge is 2.23. The van der Waals surface area contributed by atoms with Gasteiger partial charge in [-0.1, -0.05) is 86.4 Å². The van der Waals surface area contributed by atoms with E-state index in [0.29, 0.717) is 24.3 Å². The lowest BCUT2D eigenvalue weighted by molar-refractivity contribution is -0.146. The minimum atomic E-state index is -1.18. The Kier molecular flexibility index (Phi) is 13.6. The standard InChI is InChI=1S/C24H38O8S2/c1-23(2,3)11-15(7-17(21(29)30)9-19(25)26)13-33-34-14-16(12-24(4,5)6)8-18(22(31)32)10-20(27)28/h7-8,17-18H,9-14H2,1-6H3,(H,25,26)(H,27,28)(H,29,30)(H,31,32). The molecule has 0 fully saturated rings. The molecule has 0 rings (SSSR count). The van der Waals surface area contributed by atoms with Gasteiger partial charge >= 0.3 is 23.9 Å². The van der Waals surface area contributed by atoms with Gasteiger partial charge in [0.25, 0.3) is 0 Å². The maximum atomic E-state index is 11.5. The number of hydrogen-bond acceptors (Lipinski definition) is 6. The first kappa shape index (κ1) is 32.1. The first-order valence-corrected chi connectivity index (χ1v) is 13.4. The van der Waals surface area contributed by atoms with Gasteiger partial charge in [-0.3, -0.25) is 19.2 Å². The fraction of sp³-hybridized carbons (Fsp3) is 0.667. The molecular formula is C24H38O8S2. The molecule has 0 amide bonds. The molecule has 2 atom stereocenters. The molecule has 0 aromatic carbocycles. The van der Waals surface area contributed by atoms with Crippen LogP contribution in [-0.4, -0.2) is 55.8 Å². The molecular weight excluding hydrogens is 480 g/mol. The fourth-order valence-electron chi connectivity index (χ4n) is 3.29. The van der Waals surface area contributed by atoms with Crippen molar-refractivity contribution in [3.63, 3.8) is 0 Å². The Bertz CT molecular complexity index is 722. The Morgan fingerprint density at radius 1 is 0.647 bits per heavy atom. The summed E-state index contributed by atoms with van der Waals surface area (Å²) in [7, 11) is 2.96. The first-order chi connectivity index (χ1) is 15.4. The molecule has 10 heteroatoms. The minimum absolute atomic E-state index is 0.119. The largest absolute Gasteiger partial charge is 0.481 e. The van der Waals surface area contributed by atoms with Crippen LogP contribution < -0.4 is 0 Å². The van der Waals surface area contributed by atoms with E-state index in [1.807, 2.05) is 41.5 Å². The number of carbonyl (C=O) groups is 4. The van der Waals surface area contributed by atoms with E-state index in [2.05, 4.69) is 0 Å². The molecule has 0 aliphatic carbocycles. The molecule has 0 aliphatic rings. The molecule has 0 aromatic rings. The molecule has 8 nitrogen and oxygen atoms in total. The van der Waals surface area contributed by atoms with Crippen LogP contribution in [0.25, 0.3) is 0 Å². The molecule has 0 saturated heterocycles. The molecule has 0 radical (unpaired) electrons. The Morgan fingerprint density at radius 3 is 1.15 bits per heavy atom. The topological polar surface area (TPSA) is 149 Å². The van der Waals surface area contributed by atoms with E-state index in [0.717, 1.165) is 11.1 Å². The smallest absolute Gasteiger partial charge is 0.310 e. The van der Waals surface area contributed by atoms with Crippen LogP contribution >= 0.6 is 21.6 Å². The van der Waals surface area contributed by atoms with Crippen molar-refractivity contribution in [2.75, 3.05) is 11.5 Å². The van der Waals surface area contributed by atoms with Gasteiger partial charge < -0.3 is 20.4 Å². The van der Waals surface area contributed by atoms with Gasteiger partial charge in [0.05, 0.1) is 24.7 Å². The van der Waals surface area contributed by atoms with E-state index < -0.39 is 48.6 Å². The van der Waals surface area contributed by atoms with Crippen molar-refractivity contribution in [1.29, 1.82) is 0 Å². The van der Waals surface area contributed by atoms with Crippen molar-refractivity contribution in [2.45, 2.75) is 67.2 Å². The summed E-state index contributed by atoms with van der Waals surface area (Å²) in [6, 6.07) is 0. The van der Waals surface area contributed by atoms with Gasteiger partial charge in [-0.2, -0.15) is 0 Å². The lowest BCUT2D eigenvalue weighted by Gasteiger charge is -2.22. The number of hydrogen-bond donors (Lipinski definition) is 4. The molecule has 0 aromatic heterocycles. The van der Waals surface area contributed by atoms with Gasteiger partial charge in [-0.05, 0) is 23.7 Å². The summed E-state index contributed by atoms with van der Waals surface area (Å²) >= 11 is 0. The predicted octanol–water partition coefficient (Wildman–Crippen LogP) is 5.44. The quantitative estimate of drug-likeness (QED) is 0.125. The second-order valence-corrected chi connectivity index (χ2v) is 13.2. The summed E-state index contributed by atoms with van der Waals surface area (Å²) in [6.45, 7) is 12.1. The normalized spacial score (nSPS) is 15.0. The summed E-state index contributed by atoms with van der Waals surface area (Å²) in [5.41, 5.74) is 1.45. The Labute approximate surface area is 209 Å². The van der Waals surface area contributed by atoms with Crippen molar-refractivity contribution in [3.05, 3.63) is 23.3 Å². The lowest BCUT2D eigenvalue weighted by atomic mass is 9.87. The molecule has 0 saturated carbocycles. The second kappa shape index (κ2) is 14.5. The van der Waals surface area contributed by atoms with Crippen molar-refractivity contribution in [1.82, 2.24) is 0 Å². The van der Waals surface area contributed by atoms with E-state index >= 15 is 0 Å². The molecule has 2 unspecified atom stereocenters. The number of carboxylic acids is 4. The summed E-state index contributed by atoms with van der Waals surface area (Å²) in [5, 5.41) is 36.8. The van der Waals surface area contributed by atoms with Gasteiger partial charge in [0.15, 0.2) is 0 Å². The van der Waals surface area contributed by atoms with Gasteiger partial charge in [0.2, 0.25) is 0 Å². The third kappa shape index (κ3) is 16.6. The van der Waals surface area contributed by atoms with Gasteiger partial charge in [-0.25, -0.2) is 0 Å². The maximum absolute atomic E-state index is 11.5. The molecule has 194 valence electrons. The Balaban J connectivity index is 5.50. The van der Waals surface area contributed by atoms with E-state index in [9.17, 15) is 29.4 Å². The van der Waals surface area contributed by atoms with Crippen LogP contribution in [0.3, 0.4) is 0 Å². The highest BCUT2D eigenvalue weighted by atomic mass is 33.1. The third-order valence-electron chi connectivity index (χ3n) is 4.38. The zero-order valence-corrected chi connectivity index (χ0v) is 22.4. The van der Waals surface area contributed by atoms with Crippen molar-refractivity contribution >= 4 is 45.5 Å². The van der Waals surface area contributed by atoms with Gasteiger partial charge in [-0.15, -0.1) is 0 Å². The zero-order chi connectivity index (χ0) is 26.7. The van der Waals surface area contributed by atoms with Crippen molar-refractivity contribution in [3.8, 4) is 0 Å². The predicted molar refractivity (Wildman–Crippen MR) is 136 cm³/mol. The molecule has 0 heterocycles. The maximum Gasteiger partial charge on any atom is 0.310 e. The summed E-state index contributed by atoms with van der Waals surface area (Å²) in [4.78, 5) is 45.1. The van der Waals surface area contributed by atoms with Crippen LogP contribution in [0, 0.1) is 22.7 Å². The number of aliphatic carboxylic acids is 4. The summed E-state index contributed by atoms with van der Waals surface area (Å²) in [5.74, 6) is -5.94. The van der Waals surface area contributed by atoms with E-state index in [-0.39, 0.29) is 10.8 Å². The molecule has 4 N–H and O–H groups in total. The van der Waals surface area contributed by atoms with Crippen molar-refractivity contribution in [2.24, 2.45) is 22.7 Å². The van der Waals surface area contributed by atoms with Crippen LogP contribution in [-0.2, 0) is 19.2 Å². The Hall–Kier alpha value is -1.94. The Morgan fingerprint density at radius 2 is 0.941 bits per heavy atom. The first-order valence-electron chi connectivity index (χ1n) is 10.9. The third-order valence-corrected chi connectivity index (χ3v) is 6.74. The van der Waals surface area contributed by atoms with Crippen LogP contribution in [0.5, 0.6) is 0 Å². The molecule has 0 aliphatic heterocycles. The van der Waals surface area contributed by atoms with Crippen LogP contribution in [0.15, 0.2) is 23.3 Å².